The fourth-order valence-electron chi connectivity index (χ4n) is 2.37. The van der Waals surface area contributed by atoms with E-state index < -0.39 is 5.97 Å². The van der Waals surface area contributed by atoms with Gasteiger partial charge in [-0.15, -0.1) is 0 Å². The first-order valence-electron chi connectivity index (χ1n) is 7.94. The van der Waals surface area contributed by atoms with E-state index in [1.807, 2.05) is 30.3 Å². The SMILES string of the molecule is COCCN(CC=Cc1ccccc1)Cc1ccc(C(=O)O)cc1. The van der Waals surface area contributed by atoms with Crippen LogP contribution in [0.25, 0.3) is 6.08 Å². The van der Waals surface area contributed by atoms with Gasteiger partial charge in [0.15, 0.2) is 0 Å². The van der Waals surface area contributed by atoms with E-state index in [0.717, 1.165) is 25.2 Å². The van der Waals surface area contributed by atoms with E-state index in [9.17, 15) is 4.79 Å². The summed E-state index contributed by atoms with van der Waals surface area (Å²) >= 11 is 0. The van der Waals surface area contributed by atoms with Crippen molar-refractivity contribution in [3.8, 4) is 0 Å². The predicted molar refractivity (Wildman–Crippen MR) is 96.0 cm³/mol. The summed E-state index contributed by atoms with van der Waals surface area (Å²) < 4.78 is 5.18. The van der Waals surface area contributed by atoms with Crippen LogP contribution in [0.1, 0.15) is 21.5 Å². The van der Waals surface area contributed by atoms with Crippen LogP contribution in [0.2, 0.25) is 0 Å². The predicted octanol–water partition coefficient (Wildman–Crippen LogP) is 3.55. The lowest BCUT2D eigenvalue weighted by atomic mass is 10.1. The minimum absolute atomic E-state index is 0.311. The third kappa shape index (κ3) is 5.99. The van der Waals surface area contributed by atoms with E-state index in [1.54, 1.807) is 19.2 Å². The molecular formula is C20H23NO3. The summed E-state index contributed by atoms with van der Waals surface area (Å²) in [7, 11) is 1.69. The molecule has 0 aromatic heterocycles. The van der Waals surface area contributed by atoms with Crippen LogP contribution in [0.5, 0.6) is 0 Å². The Morgan fingerprint density at radius 2 is 1.83 bits per heavy atom. The lowest BCUT2D eigenvalue weighted by Gasteiger charge is -2.20. The molecule has 0 heterocycles. The number of hydrogen-bond acceptors (Lipinski definition) is 3. The van der Waals surface area contributed by atoms with Crippen LogP contribution in [0.3, 0.4) is 0 Å². The molecule has 0 aliphatic carbocycles. The summed E-state index contributed by atoms with van der Waals surface area (Å²) in [6.07, 6.45) is 4.24. The van der Waals surface area contributed by atoms with Crippen molar-refractivity contribution in [3.05, 3.63) is 77.4 Å². The van der Waals surface area contributed by atoms with Crippen molar-refractivity contribution in [3.63, 3.8) is 0 Å². The molecule has 0 atom stereocenters. The second-order valence-electron chi connectivity index (χ2n) is 5.54. The van der Waals surface area contributed by atoms with Crippen molar-refractivity contribution in [1.29, 1.82) is 0 Å². The van der Waals surface area contributed by atoms with Gasteiger partial charge in [-0.3, -0.25) is 4.90 Å². The summed E-state index contributed by atoms with van der Waals surface area (Å²) in [5, 5.41) is 8.96. The fraction of sp³-hybridized carbons (Fsp3) is 0.250. The highest BCUT2D eigenvalue weighted by atomic mass is 16.5. The summed E-state index contributed by atoms with van der Waals surface area (Å²) in [5.74, 6) is -0.899. The number of ether oxygens (including phenoxy) is 1. The van der Waals surface area contributed by atoms with E-state index in [2.05, 4.69) is 29.2 Å². The van der Waals surface area contributed by atoms with Gasteiger partial charge in [0.1, 0.15) is 0 Å². The summed E-state index contributed by atoms with van der Waals surface area (Å²) in [4.78, 5) is 13.2. The Morgan fingerprint density at radius 3 is 2.46 bits per heavy atom. The molecule has 2 aromatic carbocycles. The van der Waals surface area contributed by atoms with Crippen LogP contribution in [0.15, 0.2) is 60.7 Å². The fourth-order valence-corrected chi connectivity index (χ4v) is 2.37. The van der Waals surface area contributed by atoms with Gasteiger partial charge in [-0.05, 0) is 23.3 Å². The Morgan fingerprint density at radius 1 is 1.12 bits per heavy atom. The van der Waals surface area contributed by atoms with Crippen molar-refractivity contribution < 1.29 is 14.6 Å². The van der Waals surface area contributed by atoms with Gasteiger partial charge in [0.05, 0.1) is 12.2 Å². The zero-order chi connectivity index (χ0) is 17.2. The van der Waals surface area contributed by atoms with Gasteiger partial charge in [0.2, 0.25) is 0 Å². The smallest absolute Gasteiger partial charge is 0.335 e. The first kappa shape index (κ1) is 17.9. The Balaban J connectivity index is 1.96. The first-order chi connectivity index (χ1) is 11.7. The molecule has 0 fully saturated rings. The number of aromatic carboxylic acids is 1. The molecule has 0 unspecified atom stereocenters. The van der Waals surface area contributed by atoms with E-state index in [-0.39, 0.29) is 0 Å². The van der Waals surface area contributed by atoms with Crippen molar-refractivity contribution in [1.82, 2.24) is 4.90 Å². The quantitative estimate of drug-likeness (QED) is 0.766. The van der Waals surface area contributed by atoms with E-state index >= 15 is 0 Å². The monoisotopic (exact) mass is 325 g/mol. The molecule has 0 aliphatic rings. The number of nitrogens with zero attached hydrogens (tertiary/aromatic N) is 1. The van der Waals surface area contributed by atoms with Crippen LogP contribution >= 0.6 is 0 Å². The first-order valence-corrected chi connectivity index (χ1v) is 7.94. The molecule has 4 heteroatoms. The molecule has 0 radical (unpaired) electrons. The van der Waals surface area contributed by atoms with Crippen LogP contribution < -0.4 is 0 Å². The molecule has 0 saturated carbocycles. The van der Waals surface area contributed by atoms with Crippen LogP contribution in [0, 0.1) is 0 Å². The second kappa shape index (κ2) is 9.65. The van der Waals surface area contributed by atoms with Crippen LogP contribution in [0.4, 0.5) is 0 Å². The minimum atomic E-state index is -0.899. The number of carbonyl (C=O) groups is 1. The number of hydrogen-bond donors (Lipinski definition) is 1. The minimum Gasteiger partial charge on any atom is -0.478 e. The highest BCUT2D eigenvalue weighted by molar-refractivity contribution is 5.87. The molecule has 1 N–H and O–H groups in total. The standard InChI is InChI=1S/C20H23NO3/c1-24-15-14-21(13-5-8-17-6-3-2-4-7-17)16-18-9-11-19(12-10-18)20(22)23/h2-12H,13-16H2,1H3,(H,22,23). The Labute approximate surface area is 143 Å². The average molecular weight is 325 g/mol. The summed E-state index contributed by atoms with van der Waals surface area (Å²) in [5.41, 5.74) is 2.57. The molecule has 0 bridgehead atoms. The summed E-state index contributed by atoms with van der Waals surface area (Å²) in [6, 6.07) is 17.2. The van der Waals surface area contributed by atoms with Gasteiger partial charge in [-0.25, -0.2) is 4.79 Å². The number of carboxylic acid groups (broad SMARTS) is 1. The van der Waals surface area contributed by atoms with Crippen molar-refractivity contribution >= 4 is 12.0 Å². The Bertz CT molecular complexity index is 650. The maximum Gasteiger partial charge on any atom is 0.335 e. The van der Waals surface area contributed by atoms with Crippen LogP contribution in [-0.2, 0) is 11.3 Å². The van der Waals surface area contributed by atoms with Crippen molar-refractivity contribution in [2.45, 2.75) is 6.54 Å². The normalized spacial score (nSPS) is 11.2. The van der Waals surface area contributed by atoms with Gasteiger partial charge in [-0.2, -0.15) is 0 Å². The van der Waals surface area contributed by atoms with E-state index in [4.69, 9.17) is 9.84 Å². The number of carboxylic acids is 1. The van der Waals surface area contributed by atoms with Crippen molar-refractivity contribution in [2.24, 2.45) is 0 Å². The van der Waals surface area contributed by atoms with Crippen LogP contribution in [-0.4, -0.2) is 42.8 Å². The molecule has 126 valence electrons. The maximum absolute atomic E-state index is 10.9. The average Bonchev–Trinajstić information content (AvgIpc) is 2.61. The van der Waals surface area contributed by atoms with Crippen molar-refractivity contribution in [2.75, 3.05) is 26.8 Å². The highest BCUT2D eigenvalue weighted by Gasteiger charge is 2.06. The second-order valence-corrected chi connectivity index (χ2v) is 5.54. The van der Waals surface area contributed by atoms with E-state index in [1.165, 1.54) is 5.56 Å². The molecular weight excluding hydrogens is 302 g/mol. The molecule has 0 amide bonds. The van der Waals surface area contributed by atoms with Gasteiger partial charge < -0.3 is 9.84 Å². The third-order valence-electron chi connectivity index (χ3n) is 3.69. The zero-order valence-electron chi connectivity index (χ0n) is 13.9. The third-order valence-corrected chi connectivity index (χ3v) is 3.69. The molecule has 0 saturated heterocycles. The number of methoxy groups -OCH3 is 1. The number of rotatable bonds is 9. The van der Waals surface area contributed by atoms with Gasteiger partial charge in [0, 0.05) is 26.7 Å². The topological polar surface area (TPSA) is 49.8 Å². The largest absolute Gasteiger partial charge is 0.478 e. The van der Waals surface area contributed by atoms with E-state index in [0.29, 0.717) is 12.2 Å². The molecule has 2 aromatic rings. The maximum atomic E-state index is 10.9. The lowest BCUT2D eigenvalue weighted by molar-refractivity contribution is 0.0697. The molecule has 0 aliphatic heterocycles. The Kier molecular flexibility index (Phi) is 7.21. The molecule has 4 nitrogen and oxygen atoms in total. The lowest BCUT2D eigenvalue weighted by Crippen LogP contribution is -2.27. The summed E-state index contributed by atoms with van der Waals surface area (Å²) in [6.45, 7) is 3.03. The number of benzene rings is 2. The van der Waals surface area contributed by atoms with Gasteiger partial charge in [-0.1, -0.05) is 54.6 Å². The zero-order valence-corrected chi connectivity index (χ0v) is 13.9. The molecule has 2 rings (SSSR count). The molecule has 24 heavy (non-hydrogen) atoms. The Hall–Kier alpha value is -2.43. The van der Waals surface area contributed by atoms with Gasteiger partial charge >= 0.3 is 5.97 Å². The van der Waals surface area contributed by atoms with Gasteiger partial charge in [0.25, 0.3) is 0 Å². The highest BCUT2D eigenvalue weighted by Crippen LogP contribution is 2.09. The molecule has 0 spiro atoms.